The van der Waals surface area contributed by atoms with E-state index in [-0.39, 0.29) is 18.6 Å². The maximum atomic E-state index is 13.0. The van der Waals surface area contributed by atoms with Crippen LogP contribution in [0.5, 0.6) is 5.88 Å². The van der Waals surface area contributed by atoms with E-state index in [9.17, 15) is 4.79 Å². The van der Waals surface area contributed by atoms with Crippen LogP contribution < -0.4 is 10.1 Å². The molecule has 1 N–H and O–H groups in total. The minimum Gasteiger partial charge on any atom is -0.461 e. The van der Waals surface area contributed by atoms with Gasteiger partial charge in [-0.05, 0) is 44.5 Å². The lowest BCUT2D eigenvalue weighted by Crippen LogP contribution is -2.38. The number of hydrogen-bond acceptors (Lipinski definition) is 8. The van der Waals surface area contributed by atoms with Crippen LogP contribution in [-0.4, -0.2) is 54.4 Å². The van der Waals surface area contributed by atoms with Gasteiger partial charge in [-0.15, -0.1) is 0 Å². The summed E-state index contributed by atoms with van der Waals surface area (Å²) >= 11 is 5.87. The number of rotatable bonds is 8. The number of amides is 1. The summed E-state index contributed by atoms with van der Waals surface area (Å²) in [6, 6.07) is 7.01. The first-order valence-corrected chi connectivity index (χ1v) is 10.6. The number of aryl methyl sites for hydroxylation is 1. The van der Waals surface area contributed by atoms with Gasteiger partial charge in [0.25, 0.3) is 5.91 Å². The quantitative estimate of drug-likeness (QED) is 0.419. The number of halogens is 1. The van der Waals surface area contributed by atoms with Gasteiger partial charge in [-0.25, -0.2) is 19.9 Å². The summed E-state index contributed by atoms with van der Waals surface area (Å²) < 4.78 is 13.3. The van der Waals surface area contributed by atoms with Crippen molar-refractivity contribution in [3.05, 3.63) is 59.8 Å². The van der Waals surface area contributed by atoms with E-state index in [0.29, 0.717) is 27.7 Å². The number of anilines is 1. The van der Waals surface area contributed by atoms with Gasteiger partial charge in [0, 0.05) is 12.4 Å². The van der Waals surface area contributed by atoms with Crippen molar-refractivity contribution in [2.75, 3.05) is 11.9 Å². The van der Waals surface area contributed by atoms with Crippen LogP contribution in [0.15, 0.2) is 49.2 Å². The fraction of sp³-hybridized carbons (Fsp3) is 0.273. The molecule has 4 aromatic heterocycles. The molecular formula is C22H22ClN7O3. The van der Waals surface area contributed by atoms with Crippen molar-refractivity contribution < 1.29 is 14.3 Å². The Kier molecular flexibility index (Phi) is 6.76. The highest BCUT2D eigenvalue weighted by atomic mass is 35.5. The zero-order valence-corrected chi connectivity index (χ0v) is 19.0. The van der Waals surface area contributed by atoms with Gasteiger partial charge in [-0.1, -0.05) is 17.7 Å². The molecule has 0 spiro atoms. The minimum atomic E-state index is -0.997. The largest absolute Gasteiger partial charge is 0.461 e. The molecule has 1 unspecified atom stereocenters. The zero-order valence-electron chi connectivity index (χ0n) is 18.3. The second-order valence-electron chi connectivity index (χ2n) is 7.46. The summed E-state index contributed by atoms with van der Waals surface area (Å²) in [6.07, 6.45) is 4.97. The van der Waals surface area contributed by atoms with Gasteiger partial charge in [0.15, 0.2) is 11.5 Å². The normalized spacial score (nSPS) is 12.2. The number of nitrogens with one attached hydrogen (secondary N) is 1. The average molecular weight is 468 g/mol. The number of fused-ring (bicyclic) bond motifs is 1. The lowest BCUT2D eigenvalue weighted by Gasteiger charge is -2.19. The van der Waals surface area contributed by atoms with Crippen molar-refractivity contribution >= 4 is 34.4 Å². The van der Waals surface area contributed by atoms with Gasteiger partial charge in [0.05, 0.1) is 23.9 Å². The average Bonchev–Trinajstić information content (AvgIpc) is 3.23. The van der Waals surface area contributed by atoms with Crippen molar-refractivity contribution in [1.82, 2.24) is 29.7 Å². The summed E-state index contributed by atoms with van der Waals surface area (Å²) in [5, 5.41) is 8.12. The molecule has 0 radical (unpaired) electrons. The van der Waals surface area contributed by atoms with Gasteiger partial charge in [-0.2, -0.15) is 9.78 Å². The van der Waals surface area contributed by atoms with Crippen LogP contribution in [0.1, 0.15) is 19.4 Å². The summed E-state index contributed by atoms with van der Waals surface area (Å²) in [4.78, 5) is 30.0. The number of hydrogen-bond donors (Lipinski definition) is 1. The second-order valence-corrected chi connectivity index (χ2v) is 7.89. The smallest absolute Gasteiger partial charge is 0.269 e. The Morgan fingerprint density at radius 2 is 2.00 bits per heavy atom. The Bertz CT molecular complexity index is 1260. The van der Waals surface area contributed by atoms with Crippen LogP contribution in [0.4, 0.5) is 5.82 Å². The standard InChI is InChI=1S/C22H22ClN7O3/c1-13(2)32-11-17(21(31)29-18-7-6-15(23)9-25-18)33-22-16-10-28-30(20(16)26-12-27-22)19-14(3)5-4-8-24-19/h4-10,12-13,17H,11H2,1-3H3,(H,25,29,31). The lowest BCUT2D eigenvalue weighted by molar-refractivity contribution is -0.126. The van der Waals surface area contributed by atoms with E-state index in [0.717, 1.165) is 5.56 Å². The molecule has 0 aromatic carbocycles. The van der Waals surface area contributed by atoms with Crippen molar-refractivity contribution in [3.63, 3.8) is 0 Å². The van der Waals surface area contributed by atoms with Crippen LogP contribution >= 0.6 is 11.6 Å². The predicted octanol–water partition coefficient (Wildman–Crippen LogP) is 3.38. The summed E-state index contributed by atoms with van der Waals surface area (Å²) in [6.45, 7) is 5.69. The van der Waals surface area contributed by atoms with Crippen molar-refractivity contribution in [3.8, 4) is 11.7 Å². The van der Waals surface area contributed by atoms with Crippen molar-refractivity contribution in [1.29, 1.82) is 0 Å². The third-order valence-corrected chi connectivity index (χ3v) is 4.84. The number of aromatic nitrogens is 6. The van der Waals surface area contributed by atoms with Gasteiger partial charge < -0.3 is 14.8 Å². The molecule has 0 bridgehead atoms. The topological polar surface area (TPSA) is 117 Å². The van der Waals surface area contributed by atoms with E-state index in [4.69, 9.17) is 21.1 Å². The molecule has 11 heteroatoms. The van der Waals surface area contributed by atoms with Crippen LogP contribution in [-0.2, 0) is 9.53 Å². The van der Waals surface area contributed by atoms with E-state index in [2.05, 4.69) is 30.4 Å². The molecule has 0 aliphatic rings. The Labute approximate surface area is 195 Å². The van der Waals surface area contributed by atoms with E-state index in [1.54, 1.807) is 29.2 Å². The first-order chi connectivity index (χ1) is 15.9. The minimum absolute atomic E-state index is 0.00999. The molecule has 4 rings (SSSR count). The summed E-state index contributed by atoms with van der Waals surface area (Å²) in [7, 11) is 0. The fourth-order valence-electron chi connectivity index (χ4n) is 3.00. The molecule has 1 atom stereocenters. The number of carbonyl (C=O) groups excluding carboxylic acids is 1. The second kappa shape index (κ2) is 9.88. The molecule has 0 fully saturated rings. The highest BCUT2D eigenvalue weighted by molar-refractivity contribution is 6.30. The summed E-state index contributed by atoms with van der Waals surface area (Å²) in [5.74, 6) is 0.749. The van der Waals surface area contributed by atoms with E-state index < -0.39 is 12.0 Å². The molecule has 0 saturated carbocycles. The predicted molar refractivity (Wildman–Crippen MR) is 123 cm³/mol. The molecule has 1 amide bonds. The Morgan fingerprint density at radius 1 is 1.15 bits per heavy atom. The number of carbonyl (C=O) groups is 1. The summed E-state index contributed by atoms with van der Waals surface area (Å²) in [5.41, 5.74) is 1.44. The van der Waals surface area contributed by atoms with Crippen LogP contribution in [0.3, 0.4) is 0 Å². The molecule has 4 heterocycles. The Hall–Kier alpha value is -3.63. The monoisotopic (exact) mass is 467 g/mol. The molecule has 0 saturated heterocycles. The lowest BCUT2D eigenvalue weighted by atomic mass is 10.3. The first kappa shape index (κ1) is 22.6. The van der Waals surface area contributed by atoms with Crippen LogP contribution in [0.25, 0.3) is 16.9 Å². The van der Waals surface area contributed by atoms with E-state index in [1.165, 1.54) is 12.5 Å². The Balaban J connectivity index is 1.62. The van der Waals surface area contributed by atoms with Crippen LogP contribution in [0.2, 0.25) is 5.02 Å². The molecule has 0 aliphatic heterocycles. The molecular weight excluding hydrogens is 446 g/mol. The maximum absolute atomic E-state index is 13.0. The Morgan fingerprint density at radius 3 is 2.73 bits per heavy atom. The highest BCUT2D eigenvalue weighted by Crippen LogP contribution is 2.25. The van der Waals surface area contributed by atoms with Crippen molar-refractivity contribution in [2.24, 2.45) is 0 Å². The highest BCUT2D eigenvalue weighted by Gasteiger charge is 2.25. The van der Waals surface area contributed by atoms with E-state index in [1.807, 2.05) is 32.9 Å². The molecule has 33 heavy (non-hydrogen) atoms. The maximum Gasteiger partial charge on any atom is 0.269 e. The molecule has 0 aliphatic carbocycles. The number of pyridine rings is 2. The molecule has 170 valence electrons. The van der Waals surface area contributed by atoms with Crippen LogP contribution in [0, 0.1) is 6.92 Å². The SMILES string of the molecule is Cc1cccnc1-n1ncc2c(OC(COC(C)C)C(=O)Nc3ccc(Cl)cn3)ncnc21. The van der Waals surface area contributed by atoms with Gasteiger partial charge in [0.1, 0.15) is 17.5 Å². The van der Waals surface area contributed by atoms with Gasteiger partial charge in [-0.3, -0.25) is 4.79 Å². The van der Waals surface area contributed by atoms with Gasteiger partial charge in [0.2, 0.25) is 12.0 Å². The zero-order chi connectivity index (χ0) is 23.4. The number of ether oxygens (including phenoxy) is 2. The van der Waals surface area contributed by atoms with Crippen molar-refractivity contribution in [2.45, 2.75) is 33.0 Å². The first-order valence-electron chi connectivity index (χ1n) is 10.2. The van der Waals surface area contributed by atoms with E-state index >= 15 is 0 Å². The molecule has 4 aromatic rings. The van der Waals surface area contributed by atoms with Gasteiger partial charge >= 0.3 is 0 Å². The molecule has 10 nitrogen and oxygen atoms in total. The fourth-order valence-corrected chi connectivity index (χ4v) is 3.12. The number of nitrogens with zero attached hydrogens (tertiary/aromatic N) is 6. The third kappa shape index (κ3) is 5.24. The third-order valence-electron chi connectivity index (χ3n) is 4.62.